The molecule has 4 heteroatoms. The van der Waals surface area contributed by atoms with Crippen LogP contribution in [0.2, 0.25) is 0 Å². The third kappa shape index (κ3) is 3.54. The summed E-state index contributed by atoms with van der Waals surface area (Å²) in [4.78, 5) is 11.3. The highest BCUT2D eigenvalue weighted by Crippen LogP contribution is 2.26. The first kappa shape index (κ1) is 11.3. The number of ether oxygens (including phenoxy) is 2. The van der Waals surface area contributed by atoms with Crippen molar-refractivity contribution in [3.63, 3.8) is 0 Å². The van der Waals surface area contributed by atoms with Crippen LogP contribution in [0.25, 0.3) is 0 Å². The molecule has 1 amide bonds. The van der Waals surface area contributed by atoms with Crippen molar-refractivity contribution in [1.82, 2.24) is 5.32 Å². The fourth-order valence-corrected chi connectivity index (χ4v) is 1.12. The van der Waals surface area contributed by atoms with Crippen molar-refractivity contribution in [3.05, 3.63) is 0 Å². The molecule has 1 fully saturated rings. The zero-order valence-electron chi connectivity index (χ0n) is 9.35. The van der Waals surface area contributed by atoms with Gasteiger partial charge in [-0.05, 0) is 20.8 Å². The molecule has 0 aliphatic carbocycles. The maximum atomic E-state index is 11.3. The van der Waals surface area contributed by atoms with Crippen molar-refractivity contribution in [2.75, 3.05) is 19.8 Å². The zero-order valence-corrected chi connectivity index (χ0v) is 9.35. The van der Waals surface area contributed by atoms with E-state index in [0.29, 0.717) is 19.8 Å². The van der Waals surface area contributed by atoms with E-state index in [1.54, 1.807) is 0 Å². The number of rotatable bonds is 2. The fraction of sp³-hybridized carbons (Fsp3) is 0.900. The normalized spacial score (nSPS) is 19.7. The number of amides is 1. The summed E-state index contributed by atoms with van der Waals surface area (Å²) in [6.45, 7) is 9.58. The van der Waals surface area contributed by atoms with Gasteiger partial charge in [-0.1, -0.05) is 6.92 Å². The van der Waals surface area contributed by atoms with Crippen LogP contribution in [0.1, 0.15) is 27.7 Å². The van der Waals surface area contributed by atoms with Crippen molar-refractivity contribution >= 4 is 6.09 Å². The smallest absolute Gasteiger partial charge is 0.407 e. The van der Waals surface area contributed by atoms with E-state index in [1.807, 2.05) is 27.7 Å². The molecule has 1 aliphatic rings. The average molecular weight is 201 g/mol. The lowest BCUT2D eigenvalue weighted by atomic mass is 9.90. The van der Waals surface area contributed by atoms with Gasteiger partial charge in [0.15, 0.2) is 0 Å². The second kappa shape index (κ2) is 3.77. The lowest BCUT2D eigenvalue weighted by Crippen LogP contribution is -2.47. The van der Waals surface area contributed by atoms with E-state index in [0.717, 1.165) is 0 Å². The Kier molecular flexibility index (Phi) is 3.04. The van der Waals surface area contributed by atoms with Crippen molar-refractivity contribution in [3.8, 4) is 0 Å². The Labute approximate surface area is 85.0 Å². The molecule has 1 N–H and O–H groups in total. The molecule has 1 rings (SSSR count). The summed E-state index contributed by atoms with van der Waals surface area (Å²) in [5, 5.41) is 2.74. The first-order valence-electron chi connectivity index (χ1n) is 4.83. The van der Waals surface area contributed by atoms with Crippen LogP contribution in [0, 0.1) is 5.41 Å². The Morgan fingerprint density at radius 3 is 2.43 bits per heavy atom. The van der Waals surface area contributed by atoms with Gasteiger partial charge in [0.2, 0.25) is 0 Å². The molecular formula is C10H19NO3. The Morgan fingerprint density at radius 2 is 2.07 bits per heavy atom. The number of hydrogen-bond acceptors (Lipinski definition) is 3. The fourth-order valence-electron chi connectivity index (χ4n) is 1.12. The monoisotopic (exact) mass is 201 g/mol. The molecule has 0 unspecified atom stereocenters. The highest BCUT2D eigenvalue weighted by Gasteiger charge is 2.35. The van der Waals surface area contributed by atoms with Gasteiger partial charge in [-0.25, -0.2) is 4.79 Å². The van der Waals surface area contributed by atoms with Crippen molar-refractivity contribution in [2.45, 2.75) is 33.2 Å². The second-order valence-electron chi connectivity index (χ2n) is 5.25. The van der Waals surface area contributed by atoms with Crippen LogP contribution >= 0.6 is 0 Å². The van der Waals surface area contributed by atoms with Gasteiger partial charge in [-0.15, -0.1) is 0 Å². The van der Waals surface area contributed by atoms with Crippen LogP contribution in [-0.2, 0) is 9.47 Å². The lowest BCUT2D eigenvalue weighted by molar-refractivity contribution is -0.126. The molecule has 0 radical (unpaired) electrons. The van der Waals surface area contributed by atoms with E-state index >= 15 is 0 Å². The molecule has 0 atom stereocenters. The number of nitrogens with one attached hydrogen (secondary N) is 1. The largest absolute Gasteiger partial charge is 0.449 e. The van der Waals surface area contributed by atoms with Crippen LogP contribution in [0.3, 0.4) is 0 Å². The average Bonchev–Trinajstić information content (AvgIpc) is 1.94. The Balaban J connectivity index is 2.21. The molecule has 0 saturated carbocycles. The predicted molar refractivity (Wildman–Crippen MR) is 53.2 cm³/mol. The van der Waals surface area contributed by atoms with Gasteiger partial charge < -0.3 is 14.8 Å². The summed E-state index contributed by atoms with van der Waals surface area (Å²) in [7, 11) is 0. The minimum atomic E-state index is -0.356. The topological polar surface area (TPSA) is 47.6 Å². The quantitative estimate of drug-likeness (QED) is 0.737. The molecule has 0 aromatic rings. The highest BCUT2D eigenvalue weighted by molar-refractivity contribution is 5.68. The first-order valence-corrected chi connectivity index (χ1v) is 4.83. The Hall–Kier alpha value is -0.770. The van der Waals surface area contributed by atoms with Crippen molar-refractivity contribution < 1.29 is 14.3 Å². The number of carbonyl (C=O) groups excluding carboxylic acids is 1. The summed E-state index contributed by atoms with van der Waals surface area (Å²) >= 11 is 0. The molecule has 0 aromatic heterocycles. The minimum absolute atomic E-state index is 0.0230. The predicted octanol–water partition coefficient (Wildman–Crippen LogP) is 1.55. The Morgan fingerprint density at radius 1 is 1.50 bits per heavy atom. The van der Waals surface area contributed by atoms with Gasteiger partial charge in [0.25, 0.3) is 0 Å². The van der Waals surface area contributed by atoms with Gasteiger partial charge in [0, 0.05) is 11.0 Å². The van der Waals surface area contributed by atoms with E-state index in [1.165, 1.54) is 0 Å². The standard InChI is InChI=1S/C10H19NO3/c1-9(2,3)11-8(12)14-7-10(4)5-13-6-10/h5-7H2,1-4H3,(H,11,12). The van der Waals surface area contributed by atoms with E-state index in [-0.39, 0.29) is 17.0 Å². The number of carbonyl (C=O) groups is 1. The van der Waals surface area contributed by atoms with Crippen LogP contribution in [0.15, 0.2) is 0 Å². The van der Waals surface area contributed by atoms with Crippen molar-refractivity contribution in [2.24, 2.45) is 5.41 Å². The summed E-state index contributed by atoms with van der Waals surface area (Å²) in [5.74, 6) is 0. The van der Waals surface area contributed by atoms with Crippen LogP contribution in [0.5, 0.6) is 0 Å². The SMILES string of the molecule is CC1(COC(=O)NC(C)(C)C)COC1. The second-order valence-corrected chi connectivity index (χ2v) is 5.25. The van der Waals surface area contributed by atoms with E-state index in [9.17, 15) is 4.79 Å². The molecule has 82 valence electrons. The highest BCUT2D eigenvalue weighted by atomic mass is 16.6. The summed E-state index contributed by atoms with van der Waals surface area (Å²) < 4.78 is 10.2. The maximum absolute atomic E-state index is 11.3. The third-order valence-electron chi connectivity index (χ3n) is 1.93. The molecule has 0 bridgehead atoms. The van der Waals surface area contributed by atoms with E-state index in [2.05, 4.69) is 5.32 Å². The first-order chi connectivity index (χ1) is 6.31. The summed E-state index contributed by atoms with van der Waals surface area (Å²) in [5.41, 5.74) is -0.219. The zero-order chi connectivity index (χ0) is 10.8. The van der Waals surface area contributed by atoms with Gasteiger partial charge in [-0.2, -0.15) is 0 Å². The van der Waals surface area contributed by atoms with Gasteiger partial charge in [0.1, 0.15) is 6.61 Å². The molecule has 1 saturated heterocycles. The number of hydrogen-bond donors (Lipinski definition) is 1. The van der Waals surface area contributed by atoms with Crippen molar-refractivity contribution in [1.29, 1.82) is 0 Å². The lowest BCUT2D eigenvalue weighted by Gasteiger charge is -2.37. The summed E-state index contributed by atoms with van der Waals surface area (Å²) in [6, 6.07) is 0. The van der Waals surface area contributed by atoms with Crippen LogP contribution in [0.4, 0.5) is 4.79 Å². The molecule has 0 aromatic carbocycles. The minimum Gasteiger partial charge on any atom is -0.449 e. The van der Waals surface area contributed by atoms with E-state index < -0.39 is 0 Å². The molecule has 1 aliphatic heterocycles. The van der Waals surface area contributed by atoms with Crippen LogP contribution < -0.4 is 5.32 Å². The maximum Gasteiger partial charge on any atom is 0.407 e. The molecule has 14 heavy (non-hydrogen) atoms. The Bertz CT molecular complexity index is 216. The molecule has 4 nitrogen and oxygen atoms in total. The van der Waals surface area contributed by atoms with Gasteiger partial charge >= 0.3 is 6.09 Å². The third-order valence-corrected chi connectivity index (χ3v) is 1.93. The summed E-state index contributed by atoms with van der Waals surface area (Å²) in [6.07, 6.45) is -0.356. The van der Waals surface area contributed by atoms with E-state index in [4.69, 9.17) is 9.47 Å². The van der Waals surface area contributed by atoms with Crippen LogP contribution in [-0.4, -0.2) is 31.5 Å². The van der Waals surface area contributed by atoms with Gasteiger partial charge in [0.05, 0.1) is 13.2 Å². The molecule has 1 heterocycles. The number of alkyl carbamates (subject to hydrolysis) is 1. The molecular weight excluding hydrogens is 182 g/mol. The molecule has 0 spiro atoms. The van der Waals surface area contributed by atoms with Gasteiger partial charge in [-0.3, -0.25) is 0 Å².